The normalized spacial score (nSPS) is 14.3. The molecule has 3 atom stereocenters. The van der Waals surface area contributed by atoms with Gasteiger partial charge in [-0.15, -0.1) is 0 Å². The van der Waals surface area contributed by atoms with Crippen LogP contribution in [0.4, 0.5) is 0 Å². The molecule has 0 aliphatic carbocycles. The molecule has 0 aliphatic rings. The minimum absolute atomic E-state index is 0.0556. The molecule has 0 heterocycles. The molecule has 0 bridgehead atoms. The van der Waals surface area contributed by atoms with Crippen LogP contribution in [0.25, 0.3) is 0 Å². The number of quaternary nitrogens is 1. The highest BCUT2D eigenvalue weighted by molar-refractivity contribution is 7.47. The summed E-state index contributed by atoms with van der Waals surface area (Å²) in [6, 6.07) is -0.865. The number of phosphoric acid groups is 1. The highest BCUT2D eigenvalue weighted by atomic mass is 31.2. The number of aliphatic hydroxyl groups excluding tert-OH is 1. The number of carbonyl (C=O) groups excluding carboxylic acids is 1. The van der Waals surface area contributed by atoms with Crippen molar-refractivity contribution >= 4 is 13.7 Å². The molecule has 0 radical (unpaired) electrons. The molecule has 3 unspecified atom stereocenters. The molecule has 0 aromatic rings. The van der Waals surface area contributed by atoms with E-state index in [1.54, 1.807) is 6.08 Å². The van der Waals surface area contributed by atoms with E-state index in [1.807, 2.05) is 27.2 Å². The van der Waals surface area contributed by atoms with Crippen molar-refractivity contribution in [2.45, 2.75) is 296 Å². The summed E-state index contributed by atoms with van der Waals surface area (Å²) >= 11 is 0. The van der Waals surface area contributed by atoms with Gasteiger partial charge in [-0.25, -0.2) is 4.57 Å². The molecule has 72 heavy (non-hydrogen) atoms. The van der Waals surface area contributed by atoms with Crippen molar-refractivity contribution in [1.29, 1.82) is 0 Å². The molecule has 0 fully saturated rings. The van der Waals surface area contributed by atoms with Crippen LogP contribution >= 0.6 is 7.82 Å². The predicted molar refractivity (Wildman–Crippen MR) is 314 cm³/mol. The molecule has 0 rings (SSSR count). The molecule has 3 N–H and O–H groups in total. The smallest absolute Gasteiger partial charge is 0.387 e. The Labute approximate surface area is 447 Å². The average molecular weight is 1030 g/mol. The standard InChI is InChI=1S/C63H119N2O6P/c1-6-8-10-12-14-16-18-20-22-24-26-27-28-29-30-31-32-33-34-35-36-37-39-41-43-45-47-49-51-53-55-57-63(67)64-61(60-71-72(68,69)70-59-58-65(3,4)5)62(66)56-54-52-50-48-46-44-42-40-38-25-23-21-19-17-15-13-11-9-7-2/h18,20,24,26,28-29,46,48,54,56,61-62,66H,6-17,19,21-23,25,27,30-45,47,49-53,55,57-60H2,1-5H3,(H-,64,67,68,69)/p+1/b20-18-,26-24-,29-28-,48-46+,56-54+. The van der Waals surface area contributed by atoms with E-state index in [9.17, 15) is 19.4 Å². The summed E-state index contributed by atoms with van der Waals surface area (Å²) in [5.41, 5.74) is 0. The van der Waals surface area contributed by atoms with Gasteiger partial charge in [0.25, 0.3) is 0 Å². The minimum atomic E-state index is -4.36. The fraction of sp³-hybridized carbons (Fsp3) is 0.825. The van der Waals surface area contributed by atoms with E-state index >= 15 is 0 Å². The van der Waals surface area contributed by atoms with Crippen LogP contribution in [0.3, 0.4) is 0 Å². The summed E-state index contributed by atoms with van der Waals surface area (Å²) in [6.45, 7) is 4.81. The second-order valence-electron chi connectivity index (χ2n) is 22.1. The second kappa shape index (κ2) is 54.0. The highest BCUT2D eigenvalue weighted by Gasteiger charge is 2.27. The molecular formula is C63H120N2O6P+. The number of rotatable bonds is 56. The third-order valence-electron chi connectivity index (χ3n) is 13.7. The van der Waals surface area contributed by atoms with Crippen LogP contribution in [0.1, 0.15) is 284 Å². The van der Waals surface area contributed by atoms with Gasteiger partial charge in [0.15, 0.2) is 0 Å². The molecule has 0 aromatic carbocycles. The number of unbranched alkanes of at least 4 members (excludes halogenated alkanes) is 35. The van der Waals surface area contributed by atoms with Crippen LogP contribution in [0.5, 0.6) is 0 Å². The van der Waals surface area contributed by atoms with E-state index in [1.165, 1.54) is 212 Å². The maximum absolute atomic E-state index is 13.0. The second-order valence-corrected chi connectivity index (χ2v) is 23.5. The van der Waals surface area contributed by atoms with Gasteiger partial charge in [0, 0.05) is 6.42 Å². The molecule has 0 aliphatic heterocycles. The Balaban J connectivity index is 4.14. The number of hydrogen-bond acceptors (Lipinski definition) is 5. The van der Waals surface area contributed by atoms with Gasteiger partial charge >= 0.3 is 7.82 Å². The quantitative estimate of drug-likeness (QED) is 0.0243. The van der Waals surface area contributed by atoms with E-state index in [2.05, 4.69) is 67.8 Å². The Morgan fingerprint density at radius 1 is 0.472 bits per heavy atom. The van der Waals surface area contributed by atoms with Crippen molar-refractivity contribution in [1.82, 2.24) is 5.32 Å². The van der Waals surface area contributed by atoms with Gasteiger partial charge < -0.3 is 19.8 Å². The van der Waals surface area contributed by atoms with Gasteiger partial charge in [-0.3, -0.25) is 13.8 Å². The Kier molecular flexibility index (Phi) is 52.7. The number of carbonyl (C=O) groups is 1. The lowest BCUT2D eigenvalue weighted by atomic mass is 10.0. The number of hydrogen-bond donors (Lipinski definition) is 3. The van der Waals surface area contributed by atoms with Crippen LogP contribution < -0.4 is 5.32 Å². The van der Waals surface area contributed by atoms with Crippen LogP contribution in [0.15, 0.2) is 60.8 Å². The molecule has 0 saturated carbocycles. The topological polar surface area (TPSA) is 105 Å². The fourth-order valence-electron chi connectivity index (χ4n) is 8.89. The lowest BCUT2D eigenvalue weighted by Gasteiger charge is -2.25. The summed E-state index contributed by atoms with van der Waals surface area (Å²) in [7, 11) is 1.56. The molecule has 9 heteroatoms. The number of likely N-dealkylation sites (N-methyl/N-ethyl adjacent to an activating group) is 1. The van der Waals surface area contributed by atoms with E-state index in [0.29, 0.717) is 17.4 Å². The first-order chi connectivity index (χ1) is 35.0. The lowest BCUT2D eigenvalue weighted by Crippen LogP contribution is -2.45. The first-order valence-corrected chi connectivity index (χ1v) is 32.2. The first-order valence-electron chi connectivity index (χ1n) is 30.7. The first kappa shape index (κ1) is 70.2. The number of nitrogens with zero attached hydrogens (tertiary/aromatic N) is 1. The van der Waals surface area contributed by atoms with Crippen molar-refractivity contribution in [3.63, 3.8) is 0 Å². The fourth-order valence-corrected chi connectivity index (χ4v) is 9.63. The highest BCUT2D eigenvalue weighted by Crippen LogP contribution is 2.43. The minimum Gasteiger partial charge on any atom is -0.387 e. The van der Waals surface area contributed by atoms with Crippen molar-refractivity contribution in [2.24, 2.45) is 0 Å². The zero-order valence-electron chi connectivity index (χ0n) is 48.2. The molecule has 1 amide bonds. The zero-order chi connectivity index (χ0) is 52.7. The number of phosphoric ester groups is 1. The summed E-state index contributed by atoms with van der Waals surface area (Å²) in [5.74, 6) is -0.185. The van der Waals surface area contributed by atoms with Crippen LogP contribution in [0, 0.1) is 0 Å². The summed E-state index contributed by atoms with van der Waals surface area (Å²) in [4.78, 5) is 23.3. The van der Waals surface area contributed by atoms with Gasteiger partial charge in [0.2, 0.25) is 5.91 Å². The molecular weight excluding hydrogens is 912 g/mol. The maximum Gasteiger partial charge on any atom is 0.472 e. The molecule has 0 spiro atoms. The largest absolute Gasteiger partial charge is 0.472 e. The zero-order valence-corrected chi connectivity index (χ0v) is 49.1. The third-order valence-corrected chi connectivity index (χ3v) is 14.7. The summed E-state index contributed by atoms with van der Waals surface area (Å²) in [6.07, 6.45) is 73.4. The van der Waals surface area contributed by atoms with E-state index in [0.717, 1.165) is 51.4 Å². The Morgan fingerprint density at radius 3 is 1.21 bits per heavy atom. The van der Waals surface area contributed by atoms with Gasteiger partial charge in [-0.05, 0) is 70.6 Å². The van der Waals surface area contributed by atoms with Crippen molar-refractivity contribution < 1.29 is 32.9 Å². The van der Waals surface area contributed by atoms with Crippen molar-refractivity contribution in [3.05, 3.63) is 60.8 Å². The number of allylic oxidation sites excluding steroid dienone is 9. The Hall–Kier alpha value is -1.80. The maximum atomic E-state index is 13.0. The third kappa shape index (κ3) is 55.9. The number of nitrogens with one attached hydrogen (secondary N) is 1. The van der Waals surface area contributed by atoms with Crippen LogP contribution in [-0.4, -0.2) is 73.4 Å². The lowest BCUT2D eigenvalue weighted by molar-refractivity contribution is -0.870. The monoisotopic (exact) mass is 1030 g/mol. The van der Waals surface area contributed by atoms with E-state index < -0.39 is 20.0 Å². The number of aliphatic hydroxyl groups is 1. The molecule has 422 valence electrons. The van der Waals surface area contributed by atoms with E-state index in [4.69, 9.17) is 9.05 Å². The van der Waals surface area contributed by atoms with Gasteiger partial charge in [-0.2, -0.15) is 0 Å². The van der Waals surface area contributed by atoms with Crippen LogP contribution in [-0.2, 0) is 18.4 Å². The predicted octanol–water partition coefficient (Wildman–Crippen LogP) is 18.9. The molecule has 0 saturated heterocycles. The summed E-state index contributed by atoms with van der Waals surface area (Å²) < 4.78 is 23.7. The number of amides is 1. The van der Waals surface area contributed by atoms with Gasteiger partial charge in [0.1, 0.15) is 13.2 Å². The van der Waals surface area contributed by atoms with Crippen LogP contribution in [0.2, 0.25) is 0 Å². The Morgan fingerprint density at radius 2 is 0.806 bits per heavy atom. The van der Waals surface area contributed by atoms with Crippen molar-refractivity contribution in [3.8, 4) is 0 Å². The summed E-state index contributed by atoms with van der Waals surface area (Å²) in [5, 5.41) is 13.9. The van der Waals surface area contributed by atoms with Crippen molar-refractivity contribution in [2.75, 3.05) is 40.9 Å². The van der Waals surface area contributed by atoms with E-state index in [-0.39, 0.29) is 19.1 Å². The molecule has 0 aromatic heterocycles. The average Bonchev–Trinajstić information content (AvgIpc) is 3.34. The molecule has 8 nitrogen and oxygen atoms in total. The Bertz CT molecular complexity index is 1360. The van der Waals surface area contributed by atoms with Gasteiger partial charge in [-0.1, -0.05) is 267 Å². The van der Waals surface area contributed by atoms with Gasteiger partial charge in [0.05, 0.1) is 39.9 Å². The SMILES string of the molecule is CCCCCCC/C=C\C/C=C\C/C=C\CCCCCCCCCCCCCCCCCCC(=O)NC(COP(=O)(O)OCC[N+](C)(C)C)C(O)/C=C/CC/C=C/CCCCCCCCCCCCCCC.